The fourth-order valence-corrected chi connectivity index (χ4v) is 3.18. The van der Waals surface area contributed by atoms with Crippen molar-refractivity contribution in [2.75, 3.05) is 6.61 Å². The summed E-state index contributed by atoms with van der Waals surface area (Å²) < 4.78 is 6.96. The van der Waals surface area contributed by atoms with Gasteiger partial charge in [0.2, 0.25) is 5.69 Å². The molecule has 1 aromatic carbocycles. The summed E-state index contributed by atoms with van der Waals surface area (Å²) in [6.45, 7) is 17.2. The van der Waals surface area contributed by atoms with E-state index in [1.54, 1.807) is 42.8 Å². The van der Waals surface area contributed by atoms with Crippen LogP contribution in [0.1, 0.15) is 61.2 Å². The van der Waals surface area contributed by atoms with Gasteiger partial charge < -0.3 is 9.30 Å². The van der Waals surface area contributed by atoms with E-state index in [4.69, 9.17) is 11.3 Å². The molecule has 142 valence electrons. The van der Waals surface area contributed by atoms with E-state index in [9.17, 15) is 9.59 Å². The lowest BCUT2D eigenvalue weighted by atomic mass is 9.86. The van der Waals surface area contributed by atoms with Gasteiger partial charge in [0.15, 0.2) is 5.78 Å². The van der Waals surface area contributed by atoms with Gasteiger partial charge in [-0.15, -0.1) is 0 Å². The summed E-state index contributed by atoms with van der Waals surface area (Å²) in [5, 5.41) is 0. The summed E-state index contributed by atoms with van der Waals surface area (Å²) in [6, 6.07) is 7.10. The van der Waals surface area contributed by atoms with Gasteiger partial charge in [0.05, 0.1) is 13.2 Å². The number of nitrogens with zero attached hydrogens (tertiary/aromatic N) is 2. The molecule has 0 saturated heterocycles. The molecule has 5 heteroatoms. The average Bonchev–Trinajstić information content (AvgIpc) is 2.92. The fourth-order valence-electron chi connectivity index (χ4n) is 3.18. The minimum absolute atomic E-state index is 0.0485. The molecule has 2 rings (SSSR count). The Morgan fingerprint density at radius 1 is 1.15 bits per heavy atom. The van der Waals surface area contributed by atoms with Crippen molar-refractivity contribution >= 4 is 17.4 Å². The number of rotatable bonds is 5. The van der Waals surface area contributed by atoms with Crippen molar-refractivity contribution in [3.8, 4) is 11.1 Å². The van der Waals surface area contributed by atoms with Gasteiger partial charge in [0.25, 0.3) is 0 Å². The molecule has 5 nitrogen and oxygen atoms in total. The Morgan fingerprint density at radius 3 is 2.19 bits per heavy atom. The minimum atomic E-state index is -0.471. The van der Waals surface area contributed by atoms with Gasteiger partial charge in [-0.1, -0.05) is 52.0 Å². The van der Waals surface area contributed by atoms with E-state index >= 15 is 0 Å². The zero-order valence-electron chi connectivity index (χ0n) is 16.8. The van der Waals surface area contributed by atoms with E-state index in [0.717, 1.165) is 11.3 Å². The molecule has 0 saturated carbocycles. The monoisotopic (exact) mass is 366 g/mol. The lowest BCUT2D eigenvalue weighted by molar-refractivity contribution is 0.0515. The van der Waals surface area contributed by atoms with Crippen LogP contribution in [0.15, 0.2) is 24.3 Å². The summed E-state index contributed by atoms with van der Waals surface area (Å²) in [4.78, 5) is 28.7. The smallest absolute Gasteiger partial charge is 0.354 e. The maximum atomic E-state index is 12.6. The Labute approximate surface area is 160 Å². The third-order valence-corrected chi connectivity index (χ3v) is 4.52. The van der Waals surface area contributed by atoms with E-state index in [-0.39, 0.29) is 12.4 Å². The van der Waals surface area contributed by atoms with Crippen LogP contribution in [0.3, 0.4) is 0 Å². The number of carbonyl (C=O) groups excluding carboxylic acids is 2. The van der Waals surface area contributed by atoms with Gasteiger partial charge >= 0.3 is 5.97 Å². The molecule has 2 aromatic rings. The first kappa shape index (κ1) is 20.4. The Kier molecular flexibility index (Phi) is 5.90. The predicted molar refractivity (Wildman–Crippen MR) is 106 cm³/mol. The van der Waals surface area contributed by atoms with Gasteiger partial charge in [-0.3, -0.25) is 4.79 Å². The number of carbonyl (C=O) groups is 2. The molecule has 0 bridgehead atoms. The zero-order valence-corrected chi connectivity index (χ0v) is 16.8. The highest BCUT2D eigenvalue weighted by atomic mass is 16.5. The van der Waals surface area contributed by atoms with Crippen molar-refractivity contribution < 1.29 is 14.3 Å². The lowest BCUT2D eigenvalue weighted by Crippen LogP contribution is -2.20. The maximum absolute atomic E-state index is 12.6. The number of Topliss-reactive ketones (excluding diaryl/α,β-unsaturated/α-hetero) is 1. The van der Waals surface area contributed by atoms with Crippen LogP contribution >= 0.6 is 0 Å². The molecule has 27 heavy (non-hydrogen) atoms. The van der Waals surface area contributed by atoms with Gasteiger partial charge in [-0.05, 0) is 18.9 Å². The van der Waals surface area contributed by atoms with Crippen molar-refractivity contribution in [1.82, 2.24) is 4.57 Å². The molecular formula is C22H26N2O3. The molecular weight excluding hydrogens is 340 g/mol. The van der Waals surface area contributed by atoms with E-state index in [1.807, 2.05) is 27.7 Å². The number of ketones is 1. The second-order valence-corrected chi connectivity index (χ2v) is 7.42. The number of aromatic nitrogens is 1. The Balaban J connectivity index is 2.66. The lowest BCUT2D eigenvalue weighted by Gasteiger charge is -2.16. The first-order valence-electron chi connectivity index (χ1n) is 9.08. The third-order valence-electron chi connectivity index (χ3n) is 4.52. The minimum Gasteiger partial charge on any atom is -0.461 e. The Hall–Kier alpha value is -2.87. The van der Waals surface area contributed by atoms with Crippen LogP contribution in [-0.2, 0) is 18.2 Å². The second kappa shape index (κ2) is 7.79. The number of hydrogen-bond acceptors (Lipinski definition) is 3. The first-order valence-corrected chi connectivity index (χ1v) is 9.08. The SMILES string of the molecule is [C-]#[N+]c1c(-c2ccc(C(=O)C(C)(C)C)cc2)c(C(=O)OCC)n(C)c1CC. The normalized spacial score (nSPS) is 11.1. The molecule has 0 aliphatic rings. The van der Waals surface area contributed by atoms with Gasteiger partial charge in [0, 0.05) is 29.3 Å². The fraction of sp³-hybridized carbons (Fsp3) is 0.409. The quantitative estimate of drug-likeness (QED) is 0.415. The molecule has 0 N–H and O–H groups in total. The van der Waals surface area contributed by atoms with Crippen molar-refractivity contribution in [2.24, 2.45) is 12.5 Å². The Morgan fingerprint density at radius 2 is 1.74 bits per heavy atom. The van der Waals surface area contributed by atoms with Crippen molar-refractivity contribution in [1.29, 1.82) is 0 Å². The molecule has 1 aromatic heterocycles. The molecule has 0 radical (unpaired) electrons. The molecule has 0 amide bonds. The highest BCUT2D eigenvalue weighted by Crippen LogP contribution is 2.40. The van der Waals surface area contributed by atoms with Crippen LogP contribution in [-0.4, -0.2) is 22.9 Å². The van der Waals surface area contributed by atoms with E-state index in [0.29, 0.717) is 28.9 Å². The Bertz CT molecular complexity index is 907. The largest absolute Gasteiger partial charge is 0.461 e. The van der Waals surface area contributed by atoms with Crippen molar-refractivity contribution in [3.63, 3.8) is 0 Å². The van der Waals surface area contributed by atoms with E-state index in [2.05, 4.69) is 4.85 Å². The summed E-state index contributed by atoms with van der Waals surface area (Å²) in [6.07, 6.45) is 0.626. The van der Waals surface area contributed by atoms with Crippen LogP contribution in [0.4, 0.5) is 5.69 Å². The highest BCUT2D eigenvalue weighted by Gasteiger charge is 2.27. The second-order valence-electron chi connectivity index (χ2n) is 7.42. The standard InChI is InChI=1S/C22H26N2O3/c1-8-16-18(23-6)17(19(24(16)7)21(26)27-9-2)14-10-12-15(13-11-14)20(25)22(3,4)5/h10-13H,8-9H2,1-5,7H3. The van der Waals surface area contributed by atoms with Crippen LogP contribution in [0, 0.1) is 12.0 Å². The number of ether oxygens (including phenoxy) is 1. The number of hydrogen-bond donors (Lipinski definition) is 0. The third kappa shape index (κ3) is 3.80. The summed E-state index contributed by atoms with van der Waals surface area (Å²) in [5.41, 5.74) is 3.05. The topological polar surface area (TPSA) is 52.7 Å². The summed E-state index contributed by atoms with van der Waals surface area (Å²) >= 11 is 0. The van der Waals surface area contributed by atoms with Crippen molar-refractivity contribution in [2.45, 2.75) is 41.0 Å². The van der Waals surface area contributed by atoms with Gasteiger partial charge in [-0.2, -0.15) is 0 Å². The van der Waals surface area contributed by atoms with Crippen molar-refractivity contribution in [3.05, 3.63) is 52.6 Å². The van der Waals surface area contributed by atoms with Gasteiger partial charge in [-0.25, -0.2) is 9.64 Å². The molecule has 0 aliphatic carbocycles. The van der Waals surface area contributed by atoms with Crippen LogP contribution in [0.5, 0.6) is 0 Å². The highest BCUT2D eigenvalue weighted by molar-refractivity contribution is 6.03. The molecule has 0 aliphatic heterocycles. The number of esters is 1. The van der Waals surface area contributed by atoms with Crippen LogP contribution < -0.4 is 0 Å². The first-order chi connectivity index (χ1) is 12.7. The average molecular weight is 366 g/mol. The molecule has 0 fully saturated rings. The molecule has 0 atom stereocenters. The van der Waals surface area contributed by atoms with E-state index < -0.39 is 11.4 Å². The summed E-state index contributed by atoms with van der Waals surface area (Å²) in [7, 11) is 1.78. The zero-order chi connectivity index (χ0) is 20.4. The molecule has 1 heterocycles. The molecule has 0 spiro atoms. The summed E-state index contributed by atoms with van der Waals surface area (Å²) in [5.74, 6) is -0.401. The van der Waals surface area contributed by atoms with Crippen LogP contribution in [0.2, 0.25) is 0 Å². The van der Waals surface area contributed by atoms with Gasteiger partial charge in [0.1, 0.15) is 5.69 Å². The maximum Gasteiger partial charge on any atom is 0.354 e. The van der Waals surface area contributed by atoms with Crippen LogP contribution in [0.25, 0.3) is 16.0 Å². The number of benzene rings is 1. The predicted octanol–water partition coefficient (Wildman–Crippen LogP) is 5.21. The van der Waals surface area contributed by atoms with E-state index in [1.165, 1.54) is 0 Å². The molecule has 0 unspecified atom stereocenters.